The first-order valence-corrected chi connectivity index (χ1v) is 8.25. The molecule has 1 aliphatic heterocycles. The van der Waals surface area contributed by atoms with Crippen molar-refractivity contribution in [2.24, 2.45) is 0 Å². The van der Waals surface area contributed by atoms with Crippen molar-refractivity contribution in [2.45, 2.75) is 45.1 Å². The van der Waals surface area contributed by atoms with Crippen molar-refractivity contribution in [3.8, 4) is 0 Å². The fraction of sp³-hybridized carbons (Fsp3) is 0.750. The van der Waals surface area contributed by atoms with E-state index < -0.39 is 0 Å². The SMILES string of the molecule is CCCNc1cc(N2CCN(C)CC2C)nc(C2CC2)n1. The fourth-order valence-electron chi connectivity index (χ4n) is 2.95. The Bertz CT molecular complexity index is 486. The number of likely N-dealkylation sites (N-methyl/N-ethyl adjacent to an activating group) is 1. The average Bonchev–Trinajstić information content (AvgIpc) is 3.29. The molecule has 1 N–H and O–H groups in total. The minimum Gasteiger partial charge on any atom is -0.370 e. The average molecular weight is 289 g/mol. The zero-order valence-corrected chi connectivity index (χ0v) is 13.5. The zero-order valence-electron chi connectivity index (χ0n) is 13.5. The molecule has 0 spiro atoms. The van der Waals surface area contributed by atoms with Crippen LogP contribution in [0, 0.1) is 0 Å². The van der Waals surface area contributed by atoms with Crippen molar-refractivity contribution in [3.63, 3.8) is 0 Å². The van der Waals surface area contributed by atoms with Gasteiger partial charge in [-0.05, 0) is 33.2 Å². The Kier molecular flexibility index (Phi) is 4.29. The number of rotatable bonds is 5. The van der Waals surface area contributed by atoms with E-state index in [0.29, 0.717) is 12.0 Å². The van der Waals surface area contributed by atoms with Gasteiger partial charge in [0.25, 0.3) is 0 Å². The monoisotopic (exact) mass is 289 g/mol. The van der Waals surface area contributed by atoms with E-state index in [1.54, 1.807) is 0 Å². The van der Waals surface area contributed by atoms with Gasteiger partial charge in [-0.15, -0.1) is 0 Å². The summed E-state index contributed by atoms with van der Waals surface area (Å²) in [7, 11) is 2.19. The molecule has 1 aromatic heterocycles. The van der Waals surface area contributed by atoms with Crippen molar-refractivity contribution in [1.82, 2.24) is 14.9 Å². The Hall–Kier alpha value is -1.36. The third kappa shape index (κ3) is 3.46. The highest BCUT2D eigenvalue weighted by Crippen LogP contribution is 2.39. The van der Waals surface area contributed by atoms with Crippen LogP contribution in [0.4, 0.5) is 11.6 Å². The topological polar surface area (TPSA) is 44.3 Å². The third-order valence-electron chi connectivity index (χ3n) is 4.35. The molecule has 1 unspecified atom stereocenters. The van der Waals surface area contributed by atoms with Crippen molar-refractivity contribution >= 4 is 11.6 Å². The molecule has 1 atom stereocenters. The summed E-state index contributed by atoms with van der Waals surface area (Å²) in [6, 6.07) is 2.63. The molecule has 5 heteroatoms. The van der Waals surface area contributed by atoms with Crippen molar-refractivity contribution in [1.29, 1.82) is 0 Å². The van der Waals surface area contributed by atoms with Crippen LogP contribution in [0.5, 0.6) is 0 Å². The lowest BCUT2D eigenvalue weighted by atomic mass is 10.2. The van der Waals surface area contributed by atoms with Gasteiger partial charge in [-0.1, -0.05) is 6.92 Å². The Labute approximate surface area is 127 Å². The van der Waals surface area contributed by atoms with Gasteiger partial charge in [0.15, 0.2) is 0 Å². The number of piperazine rings is 1. The van der Waals surface area contributed by atoms with Gasteiger partial charge in [0.1, 0.15) is 17.5 Å². The zero-order chi connectivity index (χ0) is 14.8. The van der Waals surface area contributed by atoms with Gasteiger partial charge in [0.2, 0.25) is 0 Å². The molecule has 1 aromatic rings. The Morgan fingerprint density at radius 2 is 2.10 bits per heavy atom. The molecule has 0 amide bonds. The Balaban J connectivity index is 1.84. The smallest absolute Gasteiger partial charge is 0.136 e. The van der Waals surface area contributed by atoms with Crippen LogP contribution >= 0.6 is 0 Å². The summed E-state index contributed by atoms with van der Waals surface area (Å²) in [5.41, 5.74) is 0. The van der Waals surface area contributed by atoms with Crippen LogP contribution in [0.1, 0.15) is 44.9 Å². The summed E-state index contributed by atoms with van der Waals surface area (Å²) in [6.07, 6.45) is 3.60. The number of nitrogens with zero attached hydrogens (tertiary/aromatic N) is 4. The maximum atomic E-state index is 4.86. The van der Waals surface area contributed by atoms with Gasteiger partial charge < -0.3 is 15.1 Å². The third-order valence-corrected chi connectivity index (χ3v) is 4.35. The number of anilines is 2. The fourth-order valence-corrected chi connectivity index (χ4v) is 2.95. The molecule has 0 bridgehead atoms. The lowest BCUT2D eigenvalue weighted by molar-refractivity contribution is 0.274. The molecule has 1 saturated carbocycles. The molecule has 116 valence electrons. The summed E-state index contributed by atoms with van der Waals surface area (Å²) in [4.78, 5) is 14.4. The molecular weight excluding hydrogens is 262 g/mol. The van der Waals surface area contributed by atoms with Gasteiger partial charge in [-0.3, -0.25) is 0 Å². The van der Waals surface area contributed by atoms with Crippen LogP contribution in [0.25, 0.3) is 0 Å². The summed E-state index contributed by atoms with van der Waals surface area (Å²) in [5, 5.41) is 3.43. The first-order chi connectivity index (χ1) is 10.2. The van der Waals surface area contributed by atoms with Crippen LogP contribution in [-0.2, 0) is 0 Å². The van der Waals surface area contributed by atoms with Crippen molar-refractivity contribution < 1.29 is 0 Å². The van der Waals surface area contributed by atoms with Crippen LogP contribution in [-0.4, -0.2) is 54.1 Å². The lowest BCUT2D eigenvalue weighted by Gasteiger charge is -2.39. The van der Waals surface area contributed by atoms with Crippen LogP contribution in [0.2, 0.25) is 0 Å². The lowest BCUT2D eigenvalue weighted by Crippen LogP contribution is -2.50. The van der Waals surface area contributed by atoms with E-state index in [1.807, 2.05) is 0 Å². The van der Waals surface area contributed by atoms with Gasteiger partial charge in [-0.2, -0.15) is 0 Å². The molecule has 2 fully saturated rings. The van der Waals surface area contributed by atoms with Crippen LogP contribution in [0.3, 0.4) is 0 Å². The van der Waals surface area contributed by atoms with E-state index in [0.717, 1.165) is 50.1 Å². The maximum Gasteiger partial charge on any atom is 0.136 e. The number of nitrogens with one attached hydrogen (secondary N) is 1. The summed E-state index contributed by atoms with van der Waals surface area (Å²) in [6.45, 7) is 8.68. The molecule has 5 nitrogen and oxygen atoms in total. The predicted octanol–water partition coefficient (Wildman–Crippen LogP) is 2.32. The van der Waals surface area contributed by atoms with Crippen molar-refractivity contribution in [2.75, 3.05) is 43.4 Å². The largest absolute Gasteiger partial charge is 0.370 e. The molecule has 2 heterocycles. The molecule has 0 radical (unpaired) electrons. The highest BCUT2D eigenvalue weighted by Gasteiger charge is 2.29. The number of aromatic nitrogens is 2. The standard InChI is InChI=1S/C16H27N5/c1-4-7-17-14-10-15(19-16(18-14)13-5-6-13)21-9-8-20(3)11-12(21)2/h10,12-13H,4-9,11H2,1-3H3,(H,17,18,19). The van der Waals surface area contributed by atoms with Gasteiger partial charge in [-0.25, -0.2) is 9.97 Å². The second-order valence-corrected chi connectivity index (χ2v) is 6.48. The second-order valence-electron chi connectivity index (χ2n) is 6.48. The molecule has 0 aromatic carbocycles. The Morgan fingerprint density at radius 1 is 1.29 bits per heavy atom. The van der Waals surface area contributed by atoms with Crippen LogP contribution < -0.4 is 10.2 Å². The van der Waals surface area contributed by atoms with Crippen LogP contribution in [0.15, 0.2) is 6.07 Å². The molecule has 3 rings (SSSR count). The molecular formula is C16H27N5. The first-order valence-electron chi connectivity index (χ1n) is 8.25. The predicted molar refractivity (Wildman–Crippen MR) is 87.1 cm³/mol. The van der Waals surface area contributed by atoms with E-state index in [-0.39, 0.29) is 0 Å². The summed E-state index contributed by atoms with van der Waals surface area (Å²) in [5.74, 6) is 3.73. The second kappa shape index (κ2) is 6.18. The highest BCUT2D eigenvalue weighted by atomic mass is 15.3. The quantitative estimate of drug-likeness (QED) is 0.901. The highest BCUT2D eigenvalue weighted by molar-refractivity contribution is 5.51. The van der Waals surface area contributed by atoms with Gasteiger partial charge in [0, 0.05) is 44.2 Å². The molecule has 1 saturated heterocycles. The van der Waals surface area contributed by atoms with E-state index in [2.05, 4.69) is 42.1 Å². The molecule has 1 aliphatic carbocycles. The van der Waals surface area contributed by atoms with Crippen molar-refractivity contribution in [3.05, 3.63) is 11.9 Å². The van der Waals surface area contributed by atoms with Gasteiger partial charge in [0.05, 0.1) is 0 Å². The van der Waals surface area contributed by atoms with E-state index in [1.165, 1.54) is 12.8 Å². The number of hydrogen-bond donors (Lipinski definition) is 1. The molecule has 21 heavy (non-hydrogen) atoms. The summed E-state index contributed by atoms with van der Waals surface area (Å²) < 4.78 is 0. The minimum atomic E-state index is 0.504. The normalized spacial score (nSPS) is 23.4. The first kappa shape index (κ1) is 14.6. The molecule has 2 aliphatic rings. The minimum absolute atomic E-state index is 0.504. The van der Waals surface area contributed by atoms with E-state index >= 15 is 0 Å². The summed E-state index contributed by atoms with van der Waals surface area (Å²) >= 11 is 0. The number of hydrogen-bond acceptors (Lipinski definition) is 5. The van der Waals surface area contributed by atoms with E-state index in [9.17, 15) is 0 Å². The van der Waals surface area contributed by atoms with E-state index in [4.69, 9.17) is 9.97 Å². The Morgan fingerprint density at radius 3 is 2.76 bits per heavy atom. The maximum absolute atomic E-state index is 4.86. The van der Waals surface area contributed by atoms with Gasteiger partial charge >= 0.3 is 0 Å².